The second-order valence-electron chi connectivity index (χ2n) is 6.86. The van der Waals surface area contributed by atoms with Crippen LogP contribution in [0.15, 0.2) is 54.7 Å². The summed E-state index contributed by atoms with van der Waals surface area (Å²) in [6.45, 7) is 1.51. The molecule has 2 aromatic heterocycles. The maximum atomic E-state index is 13.9. The summed E-state index contributed by atoms with van der Waals surface area (Å²) < 4.78 is 35.0. The van der Waals surface area contributed by atoms with E-state index in [-0.39, 0.29) is 17.9 Å². The predicted octanol–water partition coefficient (Wildman–Crippen LogP) is 4.91. The van der Waals surface area contributed by atoms with Crippen molar-refractivity contribution < 1.29 is 18.3 Å². The Bertz CT molecular complexity index is 1250. The van der Waals surface area contributed by atoms with Crippen LogP contribution in [0, 0.1) is 11.6 Å². The molecule has 0 aliphatic heterocycles. The van der Waals surface area contributed by atoms with E-state index in [2.05, 4.69) is 15.3 Å². The number of nitrogens with zero attached hydrogens (tertiary/aromatic N) is 3. The van der Waals surface area contributed by atoms with Crippen LogP contribution in [0.1, 0.15) is 12.6 Å². The number of carbonyl (C=O) groups excluding carboxylic acids is 1. The zero-order valence-corrected chi connectivity index (χ0v) is 16.3. The molecule has 0 bridgehead atoms. The highest BCUT2D eigenvalue weighted by molar-refractivity contribution is 5.81. The Balaban J connectivity index is 1.60. The van der Waals surface area contributed by atoms with Gasteiger partial charge in [0.25, 0.3) is 0 Å². The van der Waals surface area contributed by atoms with Crippen LogP contribution in [0.5, 0.6) is 11.5 Å². The number of rotatable bonds is 6. The van der Waals surface area contributed by atoms with Gasteiger partial charge in [-0.05, 0) is 37.3 Å². The summed E-state index contributed by atoms with van der Waals surface area (Å²) in [4.78, 5) is 19.9. The molecule has 0 atom stereocenters. The molecule has 0 aliphatic carbocycles. The molecule has 0 aliphatic rings. The molecule has 0 unspecified atom stereocenters. The van der Waals surface area contributed by atoms with Gasteiger partial charge in [-0.15, -0.1) is 0 Å². The lowest BCUT2D eigenvalue weighted by molar-refractivity contribution is -0.116. The minimum absolute atomic E-state index is 0.000309. The lowest BCUT2D eigenvalue weighted by Gasteiger charge is -2.08. The number of aromatic nitrogens is 3. The third-order valence-corrected chi connectivity index (χ3v) is 4.48. The van der Waals surface area contributed by atoms with Gasteiger partial charge >= 0.3 is 0 Å². The molecule has 1 N–H and O–H groups in total. The first-order valence-electron chi connectivity index (χ1n) is 9.20. The summed E-state index contributed by atoms with van der Waals surface area (Å²) >= 11 is 0. The quantitative estimate of drug-likeness (QED) is 0.491. The monoisotopic (exact) mass is 408 g/mol. The van der Waals surface area contributed by atoms with Gasteiger partial charge in [-0.3, -0.25) is 9.78 Å². The molecule has 0 radical (unpaired) electrons. The van der Waals surface area contributed by atoms with Gasteiger partial charge in [0.2, 0.25) is 5.95 Å². The number of nitrogens with one attached hydrogen (secondary N) is 1. The molecule has 0 fully saturated rings. The van der Waals surface area contributed by atoms with Crippen LogP contribution in [0.3, 0.4) is 0 Å². The van der Waals surface area contributed by atoms with Gasteiger partial charge in [0.15, 0.2) is 0 Å². The van der Waals surface area contributed by atoms with E-state index in [0.717, 1.165) is 23.7 Å². The molecule has 0 saturated heterocycles. The normalized spacial score (nSPS) is 10.9. The predicted molar refractivity (Wildman–Crippen MR) is 109 cm³/mol. The third-order valence-electron chi connectivity index (χ3n) is 4.48. The van der Waals surface area contributed by atoms with Gasteiger partial charge < -0.3 is 14.6 Å². The van der Waals surface area contributed by atoms with E-state index in [1.165, 1.54) is 6.92 Å². The zero-order chi connectivity index (χ0) is 21.3. The van der Waals surface area contributed by atoms with Crippen LogP contribution in [-0.2, 0) is 18.3 Å². The average molecular weight is 408 g/mol. The summed E-state index contributed by atoms with van der Waals surface area (Å²) in [7, 11) is 1.77. The largest absolute Gasteiger partial charge is 0.457 e. The van der Waals surface area contributed by atoms with Gasteiger partial charge in [-0.25, -0.2) is 13.8 Å². The molecule has 0 saturated carbocycles. The molecule has 4 aromatic rings. The topological polar surface area (TPSA) is 69.0 Å². The van der Waals surface area contributed by atoms with E-state index >= 15 is 0 Å². The van der Waals surface area contributed by atoms with E-state index in [1.807, 2.05) is 6.07 Å². The van der Waals surface area contributed by atoms with E-state index in [4.69, 9.17) is 4.74 Å². The number of hydrogen-bond acceptors (Lipinski definition) is 5. The molecule has 2 heterocycles. The highest BCUT2D eigenvalue weighted by Gasteiger charge is 2.12. The van der Waals surface area contributed by atoms with E-state index in [0.29, 0.717) is 28.7 Å². The van der Waals surface area contributed by atoms with Crippen LogP contribution in [0.2, 0.25) is 0 Å². The minimum Gasteiger partial charge on any atom is -0.457 e. The van der Waals surface area contributed by atoms with Gasteiger partial charge in [-0.2, -0.15) is 0 Å². The number of halogens is 2. The minimum atomic E-state index is -0.577. The molecule has 4 rings (SSSR count). The van der Waals surface area contributed by atoms with Crippen LogP contribution in [0.4, 0.5) is 20.4 Å². The number of anilines is 2. The molecular weight excluding hydrogens is 390 g/mol. The molecular formula is C22H18F2N4O2. The molecule has 2 aromatic carbocycles. The van der Waals surface area contributed by atoms with Crippen LogP contribution >= 0.6 is 0 Å². The summed E-state index contributed by atoms with van der Waals surface area (Å²) in [6.07, 6.45) is 1.82. The van der Waals surface area contributed by atoms with Crippen LogP contribution in [-0.4, -0.2) is 20.3 Å². The molecule has 0 spiro atoms. The van der Waals surface area contributed by atoms with Crippen molar-refractivity contribution in [3.8, 4) is 11.5 Å². The van der Waals surface area contributed by atoms with Crippen molar-refractivity contribution in [3.63, 3.8) is 0 Å². The maximum Gasteiger partial charge on any atom is 0.208 e. The Morgan fingerprint density at radius 1 is 1.10 bits per heavy atom. The lowest BCUT2D eigenvalue weighted by atomic mass is 10.2. The Morgan fingerprint density at radius 3 is 2.70 bits per heavy atom. The summed E-state index contributed by atoms with van der Waals surface area (Å²) in [5.41, 5.74) is 2.03. The van der Waals surface area contributed by atoms with Gasteiger partial charge in [0, 0.05) is 37.9 Å². The Morgan fingerprint density at radius 2 is 1.90 bits per heavy atom. The number of aryl methyl sites for hydroxylation is 1. The highest BCUT2D eigenvalue weighted by Crippen LogP contribution is 2.29. The number of carbonyl (C=O) groups is 1. The molecule has 8 heteroatoms. The Kier molecular flexibility index (Phi) is 5.14. The number of hydrogen-bond donors (Lipinski definition) is 1. The summed E-state index contributed by atoms with van der Waals surface area (Å²) in [6, 6.07) is 11.9. The maximum absolute atomic E-state index is 13.9. The lowest BCUT2D eigenvalue weighted by Crippen LogP contribution is -2.01. The molecule has 6 nitrogen and oxygen atoms in total. The van der Waals surface area contributed by atoms with Crippen molar-refractivity contribution in [1.29, 1.82) is 0 Å². The van der Waals surface area contributed by atoms with E-state index < -0.39 is 11.6 Å². The van der Waals surface area contributed by atoms with Crippen LogP contribution < -0.4 is 10.1 Å². The first-order chi connectivity index (χ1) is 14.4. The van der Waals surface area contributed by atoms with Gasteiger partial charge in [0.05, 0.1) is 22.4 Å². The van der Waals surface area contributed by atoms with E-state index in [9.17, 15) is 13.6 Å². The number of benzene rings is 2. The van der Waals surface area contributed by atoms with Crippen molar-refractivity contribution >= 4 is 28.5 Å². The number of ether oxygens (including phenoxy) is 1. The van der Waals surface area contributed by atoms with Crippen LogP contribution in [0.25, 0.3) is 11.0 Å². The fourth-order valence-corrected chi connectivity index (χ4v) is 3.08. The van der Waals surface area contributed by atoms with Crippen molar-refractivity contribution in [2.45, 2.75) is 13.3 Å². The number of Topliss-reactive ketones (excluding diaryl/α,β-unsaturated/α-hetero) is 1. The fraction of sp³-hybridized carbons (Fsp3) is 0.136. The first kappa shape index (κ1) is 19.5. The van der Waals surface area contributed by atoms with Gasteiger partial charge in [-0.1, -0.05) is 0 Å². The molecule has 152 valence electrons. The zero-order valence-electron chi connectivity index (χ0n) is 16.3. The smallest absolute Gasteiger partial charge is 0.208 e. The van der Waals surface area contributed by atoms with Crippen molar-refractivity contribution in [3.05, 3.63) is 72.1 Å². The molecule has 30 heavy (non-hydrogen) atoms. The first-order valence-corrected chi connectivity index (χ1v) is 9.20. The van der Waals surface area contributed by atoms with Crippen molar-refractivity contribution in [1.82, 2.24) is 14.5 Å². The average Bonchev–Trinajstić information content (AvgIpc) is 2.99. The number of pyridine rings is 1. The molecule has 0 amide bonds. The highest BCUT2D eigenvalue weighted by atomic mass is 19.1. The summed E-state index contributed by atoms with van der Waals surface area (Å²) in [5.74, 6) is 0.353. The fourth-order valence-electron chi connectivity index (χ4n) is 3.08. The third kappa shape index (κ3) is 4.12. The Labute approximate surface area is 171 Å². The Hall–Kier alpha value is -3.81. The van der Waals surface area contributed by atoms with E-state index in [1.54, 1.807) is 42.1 Å². The second-order valence-corrected chi connectivity index (χ2v) is 6.86. The summed E-state index contributed by atoms with van der Waals surface area (Å²) in [5, 5.41) is 2.82. The standard InChI is InChI=1S/C22H18F2N4O2/c1-13(29)9-15-11-17(7-8-25-15)30-16-4-6-21-20(12-16)27-22(28(21)2)26-19-10-14(23)3-5-18(19)24/h3-8,10-12H,9H2,1-2H3,(H,26,27). The SMILES string of the molecule is CC(=O)Cc1cc(Oc2ccc3c(c2)nc(Nc2cc(F)ccc2F)n3C)ccn1. The number of fused-ring (bicyclic) bond motifs is 1. The number of ketones is 1. The second kappa shape index (κ2) is 7.90. The number of imidazole rings is 1. The van der Waals surface area contributed by atoms with Crippen molar-refractivity contribution in [2.24, 2.45) is 7.05 Å². The van der Waals surface area contributed by atoms with Gasteiger partial charge in [0.1, 0.15) is 28.9 Å². The van der Waals surface area contributed by atoms with Crippen molar-refractivity contribution in [2.75, 3.05) is 5.32 Å².